The molecular formula is C20H21N. The van der Waals surface area contributed by atoms with Crippen LogP contribution in [0, 0.1) is 0 Å². The van der Waals surface area contributed by atoms with Crippen LogP contribution >= 0.6 is 0 Å². The fourth-order valence-corrected chi connectivity index (χ4v) is 3.11. The SMILES string of the molecule is C=CCC(CC)c1c(-c2ccccc2)[nH]c2ccccc12. The van der Waals surface area contributed by atoms with Gasteiger partial charge in [-0.1, -0.05) is 61.5 Å². The van der Waals surface area contributed by atoms with Gasteiger partial charge in [-0.25, -0.2) is 0 Å². The zero-order valence-corrected chi connectivity index (χ0v) is 12.5. The number of hydrogen-bond donors (Lipinski definition) is 1. The summed E-state index contributed by atoms with van der Waals surface area (Å²) in [6.45, 7) is 6.19. The molecule has 2 aromatic carbocycles. The monoisotopic (exact) mass is 275 g/mol. The van der Waals surface area contributed by atoms with Gasteiger partial charge in [0.1, 0.15) is 0 Å². The van der Waals surface area contributed by atoms with Crippen molar-refractivity contribution in [1.82, 2.24) is 4.98 Å². The molecule has 0 amide bonds. The number of H-pyrrole nitrogens is 1. The molecule has 1 atom stereocenters. The van der Waals surface area contributed by atoms with Crippen LogP contribution < -0.4 is 0 Å². The van der Waals surface area contributed by atoms with Crippen molar-refractivity contribution in [2.24, 2.45) is 0 Å². The van der Waals surface area contributed by atoms with Crippen molar-refractivity contribution in [1.29, 1.82) is 0 Å². The molecule has 0 bridgehead atoms. The number of aromatic nitrogens is 1. The van der Waals surface area contributed by atoms with E-state index in [4.69, 9.17) is 0 Å². The summed E-state index contributed by atoms with van der Waals surface area (Å²) >= 11 is 0. The number of allylic oxidation sites excluding steroid dienone is 1. The molecule has 1 unspecified atom stereocenters. The van der Waals surface area contributed by atoms with Crippen LogP contribution in [0.1, 0.15) is 31.2 Å². The molecule has 1 heterocycles. The van der Waals surface area contributed by atoms with Crippen LogP contribution in [0.15, 0.2) is 67.3 Å². The predicted octanol–water partition coefficient (Wildman–Crippen LogP) is 5.90. The largest absolute Gasteiger partial charge is 0.354 e. The highest BCUT2D eigenvalue weighted by Gasteiger charge is 2.19. The molecule has 3 aromatic rings. The first-order chi connectivity index (χ1) is 10.3. The van der Waals surface area contributed by atoms with E-state index >= 15 is 0 Å². The Bertz CT molecular complexity index is 737. The van der Waals surface area contributed by atoms with Crippen LogP contribution in [-0.2, 0) is 0 Å². The Kier molecular flexibility index (Phi) is 3.92. The normalized spacial score (nSPS) is 12.4. The average Bonchev–Trinajstić information content (AvgIpc) is 2.93. The van der Waals surface area contributed by atoms with Gasteiger partial charge in [0.05, 0.1) is 0 Å². The second kappa shape index (κ2) is 6.01. The summed E-state index contributed by atoms with van der Waals surface area (Å²) in [5.41, 5.74) is 5.16. The van der Waals surface area contributed by atoms with Crippen molar-refractivity contribution in [2.45, 2.75) is 25.7 Å². The Hall–Kier alpha value is -2.28. The maximum atomic E-state index is 3.93. The van der Waals surface area contributed by atoms with Crippen molar-refractivity contribution >= 4 is 10.9 Å². The van der Waals surface area contributed by atoms with E-state index in [0.717, 1.165) is 12.8 Å². The van der Waals surface area contributed by atoms with Gasteiger partial charge in [-0.3, -0.25) is 0 Å². The summed E-state index contributed by atoms with van der Waals surface area (Å²) in [6.07, 6.45) is 4.16. The second-order valence-corrected chi connectivity index (χ2v) is 5.45. The zero-order valence-electron chi connectivity index (χ0n) is 12.5. The zero-order chi connectivity index (χ0) is 14.7. The Morgan fingerprint density at radius 1 is 1.05 bits per heavy atom. The van der Waals surface area contributed by atoms with E-state index in [0.29, 0.717) is 5.92 Å². The number of hydrogen-bond acceptors (Lipinski definition) is 0. The first-order valence-corrected chi connectivity index (χ1v) is 7.62. The standard InChI is InChI=1S/C20H21N/c1-3-10-15(4-2)19-17-13-8-9-14-18(17)21-20(19)16-11-6-5-7-12-16/h3,5-9,11-15,21H,1,4,10H2,2H3. The molecule has 0 aliphatic rings. The van der Waals surface area contributed by atoms with Crippen LogP contribution in [0.3, 0.4) is 0 Å². The van der Waals surface area contributed by atoms with E-state index in [-0.39, 0.29) is 0 Å². The molecule has 1 heteroatoms. The van der Waals surface area contributed by atoms with Gasteiger partial charge in [-0.15, -0.1) is 6.58 Å². The van der Waals surface area contributed by atoms with E-state index in [1.807, 2.05) is 6.08 Å². The molecule has 0 aliphatic heterocycles. The third kappa shape index (κ3) is 2.52. The van der Waals surface area contributed by atoms with E-state index < -0.39 is 0 Å². The third-order valence-corrected chi connectivity index (χ3v) is 4.16. The molecule has 0 radical (unpaired) electrons. The lowest BCUT2D eigenvalue weighted by molar-refractivity contribution is 0.682. The van der Waals surface area contributed by atoms with E-state index in [1.54, 1.807) is 0 Å². The minimum atomic E-state index is 0.508. The summed E-state index contributed by atoms with van der Waals surface area (Å²) in [4.78, 5) is 3.62. The summed E-state index contributed by atoms with van der Waals surface area (Å²) in [6, 6.07) is 19.2. The van der Waals surface area contributed by atoms with E-state index in [2.05, 4.69) is 73.1 Å². The summed E-state index contributed by atoms with van der Waals surface area (Å²) < 4.78 is 0. The second-order valence-electron chi connectivity index (χ2n) is 5.45. The molecule has 0 saturated carbocycles. The maximum Gasteiger partial charge on any atom is 0.0500 e. The van der Waals surface area contributed by atoms with Crippen LogP contribution in [0.25, 0.3) is 22.2 Å². The fourth-order valence-electron chi connectivity index (χ4n) is 3.11. The molecule has 21 heavy (non-hydrogen) atoms. The van der Waals surface area contributed by atoms with E-state index in [9.17, 15) is 0 Å². The lowest BCUT2D eigenvalue weighted by atomic mass is 9.89. The van der Waals surface area contributed by atoms with Crippen LogP contribution in [0.2, 0.25) is 0 Å². The molecule has 0 saturated heterocycles. The molecule has 0 aliphatic carbocycles. The predicted molar refractivity (Wildman–Crippen MR) is 91.6 cm³/mol. The van der Waals surface area contributed by atoms with E-state index in [1.165, 1.54) is 27.7 Å². The minimum absolute atomic E-state index is 0.508. The van der Waals surface area contributed by atoms with Crippen molar-refractivity contribution in [3.8, 4) is 11.3 Å². The Balaban J connectivity index is 2.25. The first kappa shape index (κ1) is 13.7. The average molecular weight is 275 g/mol. The lowest BCUT2D eigenvalue weighted by Gasteiger charge is -2.15. The molecule has 0 spiro atoms. The van der Waals surface area contributed by atoms with Crippen molar-refractivity contribution in [3.05, 3.63) is 72.8 Å². The Morgan fingerprint density at radius 3 is 2.48 bits per heavy atom. The van der Waals surface area contributed by atoms with Crippen LogP contribution in [0.5, 0.6) is 0 Å². The highest BCUT2D eigenvalue weighted by Crippen LogP contribution is 2.38. The molecule has 106 valence electrons. The summed E-state index contributed by atoms with van der Waals surface area (Å²) in [5, 5.41) is 1.34. The van der Waals surface area contributed by atoms with Crippen molar-refractivity contribution < 1.29 is 0 Å². The van der Waals surface area contributed by atoms with Crippen LogP contribution in [-0.4, -0.2) is 4.98 Å². The fraction of sp³-hybridized carbons (Fsp3) is 0.200. The van der Waals surface area contributed by atoms with Gasteiger partial charge < -0.3 is 4.98 Å². The van der Waals surface area contributed by atoms with Gasteiger partial charge in [-0.2, -0.15) is 0 Å². The lowest BCUT2D eigenvalue weighted by Crippen LogP contribution is -1.97. The van der Waals surface area contributed by atoms with Crippen molar-refractivity contribution in [2.75, 3.05) is 0 Å². The molecule has 0 fully saturated rings. The van der Waals surface area contributed by atoms with Gasteiger partial charge >= 0.3 is 0 Å². The quantitative estimate of drug-likeness (QED) is 0.557. The number of nitrogens with one attached hydrogen (secondary N) is 1. The molecular weight excluding hydrogens is 254 g/mol. The topological polar surface area (TPSA) is 15.8 Å². The van der Waals surface area contributed by atoms with Gasteiger partial charge in [0.2, 0.25) is 0 Å². The number of rotatable bonds is 5. The summed E-state index contributed by atoms with van der Waals surface area (Å²) in [7, 11) is 0. The molecule has 3 rings (SSSR count). The maximum absolute atomic E-state index is 3.93. The van der Waals surface area contributed by atoms with Gasteiger partial charge in [-0.05, 0) is 36.0 Å². The van der Waals surface area contributed by atoms with Crippen LogP contribution in [0.4, 0.5) is 0 Å². The molecule has 1 nitrogen and oxygen atoms in total. The number of benzene rings is 2. The number of para-hydroxylation sites is 1. The minimum Gasteiger partial charge on any atom is -0.354 e. The summed E-state index contributed by atoms with van der Waals surface area (Å²) in [5.74, 6) is 0.508. The highest BCUT2D eigenvalue weighted by atomic mass is 14.7. The van der Waals surface area contributed by atoms with Gasteiger partial charge in [0.15, 0.2) is 0 Å². The third-order valence-electron chi connectivity index (χ3n) is 4.16. The van der Waals surface area contributed by atoms with Crippen molar-refractivity contribution in [3.63, 3.8) is 0 Å². The molecule has 1 aromatic heterocycles. The van der Waals surface area contributed by atoms with Gasteiger partial charge in [0.25, 0.3) is 0 Å². The van der Waals surface area contributed by atoms with Gasteiger partial charge in [0, 0.05) is 16.6 Å². The highest BCUT2D eigenvalue weighted by molar-refractivity contribution is 5.91. The molecule has 1 N–H and O–H groups in total. The first-order valence-electron chi connectivity index (χ1n) is 7.62. The number of fused-ring (bicyclic) bond motifs is 1. The number of aromatic amines is 1. The smallest absolute Gasteiger partial charge is 0.0500 e. The Morgan fingerprint density at radius 2 is 1.76 bits per heavy atom. The Labute approximate surface area is 126 Å².